The van der Waals surface area contributed by atoms with Crippen molar-refractivity contribution < 1.29 is 9.53 Å². The van der Waals surface area contributed by atoms with Gasteiger partial charge in [-0.25, -0.2) is 0 Å². The molecule has 1 aliphatic rings. The molecule has 2 aromatic rings. The summed E-state index contributed by atoms with van der Waals surface area (Å²) in [6.45, 7) is 0.702. The topological polar surface area (TPSA) is 38.3 Å². The monoisotopic (exact) mass is 259 g/mol. The van der Waals surface area contributed by atoms with Crippen LogP contribution in [0.4, 0.5) is 5.69 Å². The number of anilines is 1. The third kappa shape index (κ3) is 2.24. The lowest BCUT2D eigenvalue weighted by atomic mass is 10.1. The van der Waals surface area contributed by atoms with Crippen molar-refractivity contribution in [3.63, 3.8) is 0 Å². The molecule has 0 radical (unpaired) electrons. The summed E-state index contributed by atoms with van der Waals surface area (Å²) in [6, 6.07) is 9.80. The molecule has 1 aromatic heterocycles. The van der Waals surface area contributed by atoms with Crippen molar-refractivity contribution in [1.82, 2.24) is 0 Å². The van der Waals surface area contributed by atoms with Crippen LogP contribution in [-0.2, 0) is 17.6 Å². The van der Waals surface area contributed by atoms with E-state index in [1.54, 1.807) is 11.3 Å². The van der Waals surface area contributed by atoms with Crippen LogP contribution in [-0.4, -0.2) is 12.5 Å². The maximum absolute atomic E-state index is 11.9. The van der Waals surface area contributed by atoms with Gasteiger partial charge < -0.3 is 10.1 Å². The van der Waals surface area contributed by atoms with Crippen LogP contribution in [0.1, 0.15) is 10.4 Å². The molecule has 0 unspecified atom stereocenters. The smallest absolute Gasteiger partial charge is 0.229 e. The van der Waals surface area contributed by atoms with E-state index in [1.807, 2.05) is 35.7 Å². The second kappa shape index (κ2) is 4.82. The fourth-order valence-electron chi connectivity index (χ4n) is 2.08. The Hall–Kier alpha value is -1.81. The van der Waals surface area contributed by atoms with E-state index in [4.69, 9.17) is 4.74 Å². The number of ether oxygens (including phenoxy) is 1. The quantitative estimate of drug-likeness (QED) is 0.920. The number of nitrogens with one attached hydrogen (secondary N) is 1. The Morgan fingerprint density at radius 3 is 3.11 bits per heavy atom. The van der Waals surface area contributed by atoms with E-state index < -0.39 is 0 Å². The van der Waals surface area contributed by atoms with Gasteiger partial charge in [-0.2, -0.15) is 0 Å². The molecule has 3 nitrogen and oxygen atoms in total. The Bertz CT molecular complexity index is 563. The average molecular weight is 259 g/mol. The van der Waals surface area contributed by atoms with Gasteiger partial charge in [-0.3, -0.25) is 4.79 Å². The zero-order valence-corrected chi connectivity index (χ0v) is 10.6. The standard InChI is InChI=1S/C14H13NO2S/c16-13(9-11-4-2-8-18-11)15-12-5-1-3-10-6-7-17-14(10)12/h1-5,8H,6-7,9H2,(H,15,16). The van der Waals surface area contributed by atoms with Gasteiger partial charge in [0.2, 0.25) is 5.91 Å². The summed E-state index contributed by atoms with van der Waals surface area (Å²) in [7, 11) is 0. The van der Waals surface area contributed by atoms with Gasteiger partial charge in [0.1, 0.15) is 5.75 Å². The SMILES string of the molecule is O=C(Cc1cccs1)Nc1cccc2c1OCC2. The van der Waals surface area contributed by atoms with Crippen LogP contribution < -0.4 is 10.1 Å². The van der Waals surface area contributed by atoms with Crippen molar-refractivity contribution in [3.05, 3.63) is 46.2 Å². The highest BCUT2D eigenvalue weighted by Gasteiger charge is 2.17. The third-order valence-corrected chi connectivity index (χ3v) is 3.78. The molecule has 0 saturated heterocycles. The second-order valence-electron chi connectivity index (χ2n) is 4.20. The Balaban J connectivity index is 1.73. The van der Waals surface area contributed by atoms with Gasteiger partial charge in [0.15, 0.2) is 0 Å². The molecule has 0 fully saturated rings. The van der Waals surface area contributed by atoms with Crippen LogP contribution in [0.5, 0.6) is 5.75 Å². The first kappa shape index (κ1) is 11.3. The van der Waals surface area contributed by atoms with Crippen LogP contribution in [0.15, 0.2) is 35.7 Å². The number of carbonyl (C=O) groups excluding carboxylic acids is 1. The number of benzene rings is 1. The van der Waals surface area contributed by atoms with Gasteiger partial charge in [-0.1, -0.05) is 18.2 Å². The molecule has 2 heterocycles. The lowest BCUT2D eigenvalue weighted by molar-refractivity contribution is -0.115. The summed E-state index contributed by atoms with van der Waals surface area (Å²) < 4.78 is 5.55. The van der Waals surface area contributed by atoms with Crippen LogP contribution in [0.2, 0.25) is 0 Å². The van der Waals surface area contributed by atoms with Gasteiger partial charge >= 0.3 is 0 Å². The Morgan fingerprint density at radius 1 is 1.33 bits per heavy atom. The van der Waals surface area contributed by atoms with Crippen LogP contribution in [0, 0.1) is 0 Å². The lowest BCUT2D eigenvalue weighted by Gasteiger charge is -2.09. The second-order valence-corrected chi connectivity index (χ2v) is 5.23. The highest BCUT2D eigenvalue weighted by molar-refractivity contribution is 7.10. The normalized spacial score (nSPS) is 12.9. The van der Waals surface area contributed by atoms with Crippen molar-refractivity contribution in [2.45, 2.75) is 12.8 Å². The van der Waals surface area contributed by atoms with E-state index in [9.17, 15) is 4.79 Å². The van der Waals surface area contributed by atoms with Crippen LogP contribution >= 0.6 is 11.3 Å². The zero-order chi connectivity index (χ0) is 12.4. The zero-order valence-electron chi connectivity index (χ0n) is 9.81. The molecule has 1 aromatic carbocycles. The van der Waals surface area contributed by atoms with Crippen molar-refractivity contribution in [1.29, 1.82) is 0 Å². The summed E-state index contributed by atoms with van der Waals surface area (Å²) >= 11 is 1.60. The highest BCUT2D eigenvalue weighted by Crippen LogP contribution is 2.33. The van der Waals surface area contributed by atoms with E-state index in [0.29, 0.717) is 13.0 Å². The fraction of sp³-hybridized carbons (Fsp3) is 0.214. The predicted molar refractivity (Wildman–Crippen MR) is 72.3 cm³/mol. The number of para-hydroxylation sites is 1. The maximum atomic E-state index is 11.9. The largest absolute Gasteiger partial charge is 0.491 e. The minimum Gasteiger partial charge on any atom is -0.491 e. The van der Waals surface area contributed by atoms with Crippen LogP contribution in [0.3, 0.4) is 0 Å². The lowest BCUT2D eigenvalue weighted by Crippen LogP contribution is -2.14. The molecule has 18 heavy (non-hydrogen) atoms. The summed E-state index contributed by atoms with van der Waals surface area (Å²) in [4.78, 5) is 13.0. The fourth-order valence-corrected chi connectivity index (χ4v) is 2.78. The predicted octanol–water partition coefficient (Wildman–Crippen LogP) is 2.86. The number of fused-ring (bicyclic) bond motifs is 1. The number of hydrogen-bond acceptors (Lipinski definition) is 3. The Morgan fingerprint density at radius 2 is 2.28 bits per heavy atom. The number of thiophene rings is 1. The molecule has 1 aliphatic heterocycles. The van der Waals surface area contributed by atoms with Gasteiger partial charge in [0.05, 0.1) is 18.7 Å². The van der Waals surface area contributed by atoms with Crippen molar-refractivity contribution in [2.75, 3.05) is 11.9 Å². The van der Waals surface area contributed by atoms with E-state index in [-0.39, 0.29) is 5.91 Å². The first-order chi connectivity index (χ1) is 8.83. The van der Waals surface area contributed by atoms with E-state index in [2.05, 4.69) is 5.32 Å². The first-order valence-electron chi connectivity index (χ1n) is 5.90. The van der Waals surface area contributed by atoms with Gasteiger partial charge in [-0.05, 0) is 23.1 Å². The number of amides is 1. The molecular weight excluding hydrogens is 246 g/mol. The van der Waals surface area contributed by atoms with Crippen molar-refractivity contribution in [3.8, 4) is 5.75 Å². The van der Waals surface area contributed by atoms with Crippen molar-refractivity contribution in [2.24, 2.45) is 0 Å². The van der Waals surface area contributed by atoms with Crippen LogP contribution in [0.25, 0.3) is 0 Å². The van der Waals surface area contributed by atoms with Gasteiger partial charge in [0.25, 0.3) is 0 Å². The molecule has 3 rings (SSSR count). The number of hydrogen-bond donors (Lipinski definition) is 1. The molecule has 1 N–H and O–H groups in total. The minimum absolute atomic E-state index is 0.00125. The van der Waals surface area contributed by atoms with E-state index >= 15 is 0 Å². The third-order valence-electron chi connectivity index (χ3n) is 2.90. The van der Waals surface area contributed by atoms with E-state index in [1.165, 1.54) is 5.56 Å². The molecule has 1 amide bonds. The van der Waals surface area contributed by atoms with E-state index in [0.717, 1.165) is 22.7 Å². The molecule has 4 heteroatoms. The van der Waals surface area contributed by atoms with Gasteiger partial charge in [0, 0.05) is 11.3 Å². The summed E-state index contributed by atoms with van der Waals surface area (Å²) in [5, 5.41) is 4.90. The maximum Gasteiger partial charge on any atom is 0.229 e. The molecule has 0 spiro atoms. The molecule has 0 aliphatic carbocycles. The number of rotatable bonds is 3. The molecule has 92 valence electrons. The molecule has 0 atom stereocenters. The Labute approximate surface area is 109 Å². The summed E-state index contributed by atoms with van der Waals surface area (Å²) in [5.41, 5.74) is 1.95. The molecule has 0 saturated carbocycles. The molecule has 0 bridgehead atoms. The highest BCUT2D eigenvalue weighted by atomic mass is 32.1. The van der Waals surface area contributed by atoms with Gasteiger partial charge in [-0.15, -0.1) is 11.3 Å². The minimum atomic E-state index is 0.00125. The average Bonchev–Trinajstić information content (AvgIpc) is 2.99. The van der Waals surface area contributed by atoms with Crippen molar-refractivity contribution >= 4 is 22.9 Å². The summed E-state index contributed by atoms with van der Waals surface area (Å²) in [6.07, 6.45) is 1.34. The first-order valence-corrected chi connectivity index (χ1v) is 6.78. The number of carbonyl (C=O) groups is 1. The Kier molecular flexibility index (Phi) is 3.02. The molecular formula is C14H13NO2S. The summed E-state index contributed by atoms with van der Waals surface area (Å²) in [5.74, 6) is 0.832.